The van der Waals surface area contributed by atoms with Crippen LogP contribution in [0.25, 0.3) is 0 Å². The van der Waals surface area contributed by atoms with Crippen molar-refractivity contribution in [3.05, 3.63) is 35.4 Å². The number of nitrogens with one attached hydrogen (secondary N) is 1. The molecule has 1 aliphatic carbocycles. The van der Waals surface area contributed by atoms with E-state index in [0.29, 0.717) is 17.5 Å². The third kappa shape index (κ3) is 4.32. The van der Waals surface area contributed by atoms with Gasteiger partial charge in [-0.25, -0.2) is 0 Å². The minimum Gasteiger partial charge on any atom is -0.307 e. The fourth-order valence-corrected chi connectivity index (χ4v) is 3.83. The molecule has 3 unspecified atom stereocenters. The largest absolute Gasteiger partial charge is 0.307 e. The van der Waals surface area contributed by atoms with Crippen molar-refractivity contribution in [2.24, 2.45) is 11.3 Å². The molecule has 0 heterocycles. The third-order valence-corrected chi connectivity index (χ3v) is 5.23. The number of hydrogen-bond donors (Lipinski definition) is 1. The molecule has 0 bridgehead atoms. The van der Waals surface area contributed by atoms with Crippen LogP contribution in [0.3, 0.4) is 0 Å². The Morgan fingerprint density at radius 2 is 1.71 bits per heavy atom. The molecule has 1 aliphatic rings. The second kappa shape index (κ2) is 6.96. The second-order valence-electron chi connectivity index (χ2n) is 7.85. The summed E-state index contributed by atoms with van der Waals surface area (Å²) in [6, 6.07) is 10.3. The minimum atomic E-state index is 0.407. The Labute approximate surface area is 131 Å². The van der Waals surface area contributed by atoms with Crippen LogP contribution < -0.4 is 5.32 Å². The number of aryl methyl sites for hydroxylation is 1. The first-order chi connectivity index (χ1) is 9.91. The highest BCUT2D eigenvalue weighted by Gasteiger charge is 2.34. The lowest BCUT2D eigenvalue weighted by atomic mass is 9.69. The van der Waals surface area contributed by atoms with Crippen molar-refractivity contribution in [3.8, 4) is 0 Å². The van der Waals surface area contributed by atoms with Crippen LogP contribution in [-0.4, -0.2) is 6.04 Å². The van der Waals surface area contributed by atoms with E-state index in [2.05, 4.69) is 64.2 Å². The van der Waals surface area contributed by atoms with E-state index in [1.54, 1.807) is 0 Å². The van der Waals surface area contributed by atoms with Gasteiger partial charge in [-0.2, -0.15) is 0 Å². The molecule has 0 saturated heterocycles. The van der Waals surface area contributed by atoms with Crippen molar-refractivity contribution in [1.29, 1.82) is 0 Å². The summed E-state index contributed by atoms with van der Waals surface area (Å²) in [5.41, 5.74) is 3.26. The Hall–Kier alpha value is -0.820. The zero-order chi connectivity index (χ0) is 15.5. The van der Waals surface area contributed by atoms with E-state index in [9.17, 15) is 0 Å². The molecule has 1 aromatic carbocycles. The van der Waals surface area contributed by atoms with E-state index in [-0.39, 0.29) is 0 Å². The van der Waals surface area contributed by atoms with Gasteiger partial charge in [-0.05, 0) is 48.6 Å². The van der Waals surface area contributed by atoms with Gasteiger partial charge in [-0.1, -0.05) is 64.8 Å². The Morgan fingerprint density at radius 3 is 2.29 bits per heavy atom. The summed E-state index contributed by atoms with van der Waals surface area (Å²) in [6.45, 7) is 11.7. The van der Waals surface area contributed by atoms with E-state index < -0.39 is 0 Å². The lowest BCUT2D eigenvalue weighted by molar-refractivity contribution is 0.124. The Balaban J connectivity index is 2.03. The van der Waals surface area contributed by atoms with E-state index in [1.807, 2.05) is 0 Å². The summed E-state index contributed by atoms with van der Waals surface area (Å²) in [7, 11) is 0. The van der Waals surface area contributed by atoms with Gasteiger partial charge >= 0.3 is 0 Å². The van der Waals surface area contributed by atoms with E-state index >= 15 is 0 Å². The summed E-state index contributed by atoms with van der Waals surface area (Å²) < 4.78 is 0. The first-order valence-electron chi connectivity index (χ1n) is 8.76. The van der Waals surface area contributed by atoms with Gasteiger partial charge in [-0.3, -0.25) is 0 Å². The molecular weight excluding hydrogens is 254 g/mol. The molecule has 0 spiro atoms. The van der Waals surface area contributed by atoms with Crippen molar-refractivity contribution in [3.63, 3.8) is 0 Å². The maximum absolute atomic E-state index is 3.93. The van der Waals surface area contributed by atoms with Crippen LogP contribution in [0.15, 0.2) is 24.3 Å². The van der Waals surface area contributed by atoms with E-state index in [4.69, 9.17) is 0 Å². The van der Waals surface area contributed by atoms with E-state index in [0.717, 1.165) is 12.3 Å². The van der Waals surface area contributed by atoms with Crippen molar-refractivity contribution < 1.29 is 0 Å². The van der Waals surface area contributed by atoms with Crippen LogP contribution in [0.1, 0.15) is 77.5 Å². The van der Waals surface area contributed by atoms with Gasteiger partial charge in [0.1, 0.15) is 0 Å². The Morgan fingerprint density at radius 1 is 1.10 bits per heavy atom. The van der Waals surface area contributed by atoms with Gasteiger partial charge < -0.3 is 5.32 Å². The maximum atomic E-state index is 3.93. The summed E-state index contributed by atoms with van der Waals surface area (Å²) >= 11 is 0. The first kappa shape index (κ1) is 16.5. The molecule has 0 radical (unpaired) electrons. The topological polar surface area (TPSA) is 12.0 Å². The molecule has 0 aromatic heterocycles. The zero-order valence-corrected chi connectivity index (χ0v) is 14.6. The molecular formula is C20H33N. The predicted octanol–water partition coefficient (Wildman–Crippen LogP) is 5.50. The first-order valence-corrected chi connectivity index (χ1v) is 8.76. The third-order valence-electron chi connectivity index (χ3n) is 5.23. The molecule has 1 nitrogen and oxygen atoms in total. The lowest BCUT2D eigenvalue weighted by Gasteiger charge is -2.42. The summed E-state index contributed by atoms with van der Waals surface area (Å²) in [6.07, 6.45) is 6.62. The van der Waals surface area contributed by atoms with Crippen molar-refractivity contribution in [1.82, 2.24) is 5.32 Å². The molecule has 1 aromatic rings. The number of rotatable bonds is 4. The van der Waals surface area contributed by atoms with Crippen LogP contribution in [0, 0.1) is 11.3 Å². The Bertz CT molecular complexity index is 426. The Kier molecular flexibility index (Phi) is 5.48. The smallest absolute Gasteiger partial charge is 0.0294 e. The zero-order valence-electron chi connectivity index (χ0n) is 14.6. The van der Waals surface area contributed by atoms with Crippen LogP contribution >= 0.6 is 0 Å². The minimum absolute atomic E-state index is 0.407. The SMILES string of the molecule is CCc1ccc(C(C)NC2CCCCC2C(C)(C)C)cc1. The van der Waals surface area contributed by atoms with Crippen molar-refractivity contribution in [2.45, 2.75) is 78.8 Å². The highest BCUT2D eigenvalue weighted by molar-refractivity contribution is 5.24. The molecule has 1 heteroatoms. The summed E-state index contributed by atoms with van der Waals surface area (Å²) in [5, 5.41) is 3.93. The predicted molar refractivity (Wildman–Crippen MR) is 92.6 cm³/mol. The normalized spacial score (nSPS) is 24.8. The fraction of sp³-hybridized carbons (Fsp3) is 0.700. The number of hydrogen-bond acceptors (Lipinski definition) is 1. The molecule has 21 heavy (non-hydrogen) atoms. The van der Waals surface area contributed by atoms with Gasteiger partial charge in [0.15, 0.2) is 0 Å². The standard InChI is InChI=1S/C20H33N/c1-6-16-11-13-17(14-12-16)15(2)21-19-10-8-7-9-18(19)20(3,4)5/h11-15,18-19,21H,6-10H2,1-5H3. The molecule has 118 valence electrons. The summed E-state index contributed by atoms with van der Waals surface area (Å²) in [4.78, 5) is 0. The maximum Gasteiger partial charge on any atom is 0.0294 e. The molecule has 3 atom stereocenters. The highest BCUT2D eigenvalue weighted by atomic mass is 15.0. The average Bonchev–Trinajstić information content (AvgIpc) is 2.47. The van der Waals surface area contributed by atoms with Crippen LogP contribution in [-0.2, 0) is 6.42 Å². The fourth-order valence-electron chi connectivity index (χ4n) is 3.83. The van der Waals surface area contributed by atoms with Crippen LogP contribution in [0.5, 0.6) is 0 Å². The van der Waals surface area contributed by atoms with Crippen molar-refractivity contribution in [2.75, 3.05) is 0 Å². The molecule has 1 saturated carbocycles. The summed E-state index contributed by atoms with van der Waals surface area (Å²) in [5.74, 6) is 0.795. The average molecular weight is 287 g/mol. The second-order valence-corrected chi connectivity index (χ2v) is 7.85. The van der Waals surface area contributed by atoms with E-state index in [1.165, 1.54) is 36.8 Å². The van der Waals surface area contributed by atoms with Crippen LogP contribution in [0.4, 0.5) is 0 Å². The molecule has 1 N–H and O–H groups in total. The van der Waals surface area contributed by atoms with Gasteiger partial charge in [0, 0.05) is 12.1 Å². The molecule has 0 amide bonds. The van der Waals surface area contributed by atoms with Gasteiger partial charge in [-0.15, -0.1) is 0 Å². The lowest BCUT2D eigenvalue weighted by Crippen LogP contribution is -2.45. The van der Waals surface area contributed by atoms with Gasteiger partial charge in [0.05, 0.1) is 0 Å². The van der Waals surface area contributed by atoms with Crippen molar-refractivity contribution >= 4 is 0 Å². The monoisotopic (exact) mass is 287 g/mol. The van der Waals surface area contributed by atoms with Gasteiger partial charge in [0.25, 0.3) is 0 Å². The highest BCUT2D eigenvalue weighted by Crippen LogP contribution is 2.38. The van der Waals surface area contributed by atoms with Crippen LogP contribution in [0.2, 0.25) is 0 Å². The molecule has 0 aliphatic heterocycles. The quantitative estimate of drug-likeness (QED) is 0.770. The molecule has 1 fully saturated rings. The molecule has 2 rings (SSSR count). The number of benzene rings is 1. The van der Waals surface area contributed by atoms with Gasteiger partial charge in [0.2, 0.25) is 0 Å².